The van der Waals surface area contributed by atoms with Crippen LogP contribution in [0.4, 0.5) is 29.0 Å². The molecule has 35 heavy (non-hydrogen) atoms. The fourth-order valence-corrected chi connectivity index (χ4v) is 5.32. The Kier molecular flexibility index (Phi) is 5.26. The number of piperidine rings is 1. The molecule has 0 bridgehead atoms. The molecule has 12 heteroatoms. The van der Waals surface area contributed by atoms with Crippen molar-refractivity contribution < 1.29 is 13.2 Å². The number of nitrogens with two attached hydrogens (primary N) is 3. The van der Waals surface area contributed by atoms with Crippen molar-refractivity contribution in [2.24, 2.45) is 11.1 Å². The second-order valence-electron chi connectivity index (χ2n) is 8.97. The Hall–Kier alpha value is -3.95. The Morgan fingerprint density at radius 3 is 2.20 bits per heavy atom. The summed E-state index contributed by atoms with van der Waals surface area (Å²) < 4.78 is 23.2. The quantitative estimate of drug-likeness (QED) is 0.490. The van der Waals surface area contributed by atoms with Crippen LogP contribution in [-0.4, -0.2) is 37.4 Å². The van der Waals surface area contributed by atoms with E-state index < -0.39 is 10.0 Å². The number of hydrogen-bond acceptors (Lipinski definition) is 9. The van der Waals surface area contributed by atoms with Crippen molar-refractivity contribution in [3.63, 3.8) is 0 Å². The van der Waals surface area contributed by atoms with Crippen molar-refractivity contribution in [2.45, 2.75) is 31.1 Å². The van der Waals surface area contributed by atoms with Gasteiger partial charge in [0.1, 0.15) is 34.9 Å². The van der Waals surface area contributed by atoms with Crippen molar-refractivity contribution in [2.75, 3.05) is 34.4 Å². The lowest BCUT2D eigenvalue weighted by atomic mass is 9.97. The van der Waals surface area contributed by atoms with Crippen molar-refractivity contribution >= 4 is 55.7 Å². The summed E-state index contributed by atoms with van der Waals surface area (Å²) in [6.45, 7) is 3.69. The number of amides is 1. The fraction of sp³-hybridized carbons (Fsp3) is 0.304. The van der Waals surface area contributed by atoms with Crippen LogP contribution in [0.15, 0.2) is 29.2 Å². The third-order valence-corrected chi connectivity index (χ3v) is 7.60. The van der Waals surface area contributed by atoms with Crippen molar-refractivity contribution in [3.05, 3.63) is 35.4 Å². The Morgan fingerprint density at radius 1 is 1.03 bits per heavy atom. The molecular formula is C23H24N8O3S. The van der Waals surface area contributed by atoms with Crippen LogP contribution in [-0.2, 0) is 21.2 Å². The molecule has 0 saturated carbocycles. The summed E-state index contributed by atoms with van der Waals surface area (Å²) in [7, 11) is -3.89. The molecule has 2 aliphatic rings. The van der Waals surface area contributed by atoms with E-state index in [-0.39, 0.29) is 34.7 Å². The summed E-state index contributed by atoms with van der Waals surface area (Å²) in [5.74, 6) is 1.27. The number of rotatable bonds is 3. The number of anilines is 5. The molecule has 5 rings (SSSR count). The molecule has 1 aromatic carbocycles. The molecule has 1 fully saturated rings. The topological polar surface area (TPSA) is 185 Å². The molecule has 6 N–H and O–H groups in total. The first kappa shape index (κ1) is 22.8. The van der Waals surface area contributed by atoms with Crippen molar-refractivity contribution in [1.29, 1.82) is 5.26 Å². The van der Waals surface area contributed by atoms with Crippen LogP contribution in [0.5, 0.6) is 0 Å². The lowest BCUT2D eigenvalue weighted by molar-refractivity contribution is -0.116. The van der Waals surface area contributed by atoms with E-state index in [1.54, 1.807) is 0 Å². The molecule has 2 aromatic heterocycles. The minimum absolute atomic E-state index is 0.0232. The van der Waals surface area contributed by atoms with E-state index in [1.165, 1.54) is 29.2 Å². The van der Waals surface area contributed by atoms with Gasteiger partial charge < -0.3 is 16.4 Å². The molecule has 1 saturated heterocycles. The summed E-state index contributed by atoms with van der Waals surface area (Å²) in [6, 6.07) is 7.85. The van der Waals surface area contributed by atoms with Gasteiger partial charge in [-0.2, -0.15) is 5.26 Å². The van der Waals surface area contributed by atoms with Gasteiger partial charge in [0.25, 0.3) is 0 Å². The predicted molar refractivity (Wildman–Crippen MR) is 132 cm³/mol. The van der Waals surface area contributed by atoms with E-state index in [0.717, 1.165) is 25.9 Å². The highest BCUT2D eigenvalue weighted by atomic mass is 32.2. The van der Waals surface area contributed by atoms with E-state index >= 15 is 0 Å². The average Bonchev–Trinajstić information content (AvgIpc) is 3.14. The number of nitriles is 1. The van der Waals surface area contributed by atoms with E-state index in [1.807, 2.05) is 0 Å². The van der Waals surface area contributed by atoms with Gasteiger partial charge >= 0.3 is 0 Å². The van der Waals surface area contributed by atoms with Crippen LogP contribution >= 0.6 is 0 Å². The predicted octanol–water partition coefficient (Wildman–Crippen LogP) is 1.77. The maximum atomic E-state index is 13.1. The van der Waals surface area contributed by atoms with E-state index in [0.29, 0.717) is 39.3 Å². The number of benzene rings is 1. The van der Waals surface area contributed by atoms with Crippen LogP contribution in [0.25, 0.3) is 10.8 Å². The number of hydrogen-bond donors (Lipinski definition) is 3. The van der Waals surface area contributed by atoms with Crippen LogP contribution < -0.4 is 26.4 Å². The van der Waals surface area contributed by atoms with Crippen LogP contribution in [0, 0.1) is 17.2 Å². The van der Waals surface area contributed by atoms with Crippen LogP contribution in [0.2, 0.25) is 0 Å². The summed E-state index contributed by atoms with van der Waals surface area (Å²) in [5, 5.41) is 16.2. The SMILES string of the molecule is CC1CCN(c2nc(N)c3c(N)nc4c(c3c2C#N)CC(=O)N4c2ccc(S(N)(=O)=O)cc2)CC1. The first-order valence-electron chi connectivity index (χ1n) is 11.1. The standard InChI is InChI=1S/C23H24N8O3S/c1-12-6-8-30(9-7-12)22-16(11-24)18-15-10-17(32)31(13-2-4-14(5-3-13)35(27,33)34)23(15)29-21(26)19(18)20(25)28-22/h2-5,12H,6-10H2,1H3,(H2,25,28)(H2,26,29)(H2,27,33,34). The van der Waals surface area contributed by atoms with Gasteiger partial charge in [-0.15, -0.1) is 0 Å². The molecular weight excluding hydrogens is 468 g/mol. The van der Waals surface area contributed by atoms with E-state index in [2.05, 4.69) is 27.9 Å². The number of carbonyl (C=O) groups is 1. The zero-order valence-electron chi connectivity index (χ0n) is 19.0. The van der Waals surface area contributed by atoms with E-state index in [9.17, 15) is 18.5 Å². The number of fused-ring (bicyclic) bond motifs is 3. The number of nitrogen functional groups attached to an aromatic ring is 2. The van der Waals surface area contributed by atoms with Gasteiger partial charge in [-0.05, 0) is 43.0 Å². The molecule has 0 radical (unpaired) electrons. The zero-order valence-corrected chi connectivity index (χ0v) is 19.8. The molecule has 0 aliphatic carbocycles. The Morgan fingerprint density at radius 2 is 1.63 bits per heavy atom. The number of pyridine rings is 2. The minimum atomic E-state index is -3.89. The first-order chi connectivity index (χ1) is 16.6. The molecule has 4 heterocycles. The lowest BCUT2D eigenvalue weighted by Gasteiger charge is -2.32. The third-order valence-electron chi connectivity index (χ3n) is 6.67. The second kappa shape index (κ2) is 8.07. The molecule has 180 valence electrons. The van der Waals surface area contributed by atoms with Crippen molar-refractivity contribution in [3.8, 4) is 6.07 Å². The highest BCUT2D eigenvalue weighted by Crippen LogP contribution is 2.44. The number of carbonyl (C=O) groups excluding carboxylic acids is 1. The minimum Gasteiger partial charge on any atom is -0.383 e. The molecule has 1 amide bonds. The van der Waals surface area contributed by atoms with Crippen LogP contribution in [0.1, 0.15) is 30.9 Å². The molecule has 0 spiro atoms. The Labute approximate surface area is 202 Å². The maximum Gasteiger partial charge on any atom is 0.238 e. The molecule has 0 atom stereocenters. The smallest absolute Gasteiger partial charge is 0.238 e. The fourth-order valence-electron chi connectivity index (χ4n) is 4.81. The van der Waals surface area contributed by atoms with Gasteiger partial charge in [-0.3, -0.25) is 9.69 Å². The zero-order chi connectivity index (χ0) is 25.1. The Bertz CT molecular complexity index is 1520. The van der Waals surface area contributed by atoms with Crippen LogP contribution in [0.3, 0.4) is 0 Å². The summed E-state index contributed by atoms with van der Waals surface area (Å²) in [6.07, 6.45) is 1.92. The lowest BCUT2D eigenvalue weighted by Crippen LogP contribution is -2.34. The van der Waals surface area contributed by atoms with Gasteiger partial charge in [0.05, 0.1) is 22.4 Å². The first-order valence-corrected chi connectivity index (χ1v) is 12.7. The van der Waals surface area contributed by atoms with Crippen molar-refractivity contribution in [1.82, 2.24) is 9.97 Å². The Balaban J connectivity index is 1.71. The van der Waals surface area contributed by atoms with Gasteiger partial charge in [0, 0.05) is 24.0 Å². The molecule has 0 unspecified atom stereocenters. The van der Waals surface area contributed by atoms with Gasteiger partial charge in [0.2, 0.25) is 15.9 Å². The average molecular weight is 493 g/mol. The highest BCUT2D eigenvalue weighted by molar-refractivity contribution is 7.89. The number of sulfonamides is 1. The number of primary sulfonamides is 1. The van der Waals surface area contributed by atoms with Gasteiger partial charge in [-0.1, -0.05) is 6.92 Å². The molecule has 11 nitrogen and oxygen atoms in total. The van der Waals surface area contributed by atoms with Gasteiger partial charge in [-0.25, -0.2) is 23.5 Å². The maximum absolute atomic E-state index is 13.1. The normalized spacial score (nSPS) is 16.5. The summed E-state index contributed by atoms with van der Waals surface area (Å²) in [5.41, 5.74) is 13.8. The van der Waals surface area contributed by atoms with Gasteiger partial charge in [0.15, 0.2) is 0 Å². The summed E-state index contributed by atoms with van der Waals surface area (Å²) in [4.78, 5) is 25.4. The molecule has 3 aromatic rings. The monoisotopic (exact) mass is 492 g/mol. The second-order valence-corrected chi connectivity index (χ2v) is 10.5. The molecule has 2 aliphatic heterocycles. The highest BCUT2D eigenvalue weighted by Gasteiger charge is 2.35. The largest absolute Gasteiger partial charge is 0.383 e. The van der Waals surface area contributed by atoms with E-state index in [4.69, 9.17) is 16.6 Å². The number of aromatic nitrogens is 2. The number of nitrogens with zero attached hydrogens (tertiary/aromatic N) is 5. The summed E-state index contributed by atoms with van der Waals surface area (Å²) >= 11 is 0. The third kappa shape index (κ3) is 3.69.